The number of fused-ring (bicyclic) bond motifs is 1. The Morgan fingerprint density at radius 1 is 1.12 bits per heavy atom. The Morgan fingerprint density at radius 3 is 2.84 bits per heavy atom. The normalized spacial score (nSPS) is 10.7. The molecule has 3 aromatic heterocycles. The first kappa shape index (κ1) is 14.8. The molecule has 3 heterocycles. The molecule has 0 aliphatic rings. The molecule has 0 atom stereocenters. The van der Waals surface area contributed by atoms with Crippen molar-refractivity contribution in [2.24, 2.45) is 0 Å². The smallest absolute Gasteiger partial charge is 0.349 e. The minimum Gasteiger partial charge on any atom is -0.422 e. The van der Waals surface area contributed by atoms with Crippen molar-refractivity contribution < 1.29 is 9.21 Å². The number of hydrogen-bond acceptors (Lipinski definition) is 5. The summed E-state index contributed by atoms with van der Waals surface area (Å²) in [4.78, 5) is 32.9. The third-order valence-corrected chi connectivity index (χ3v) is 3.67. The summed E-state index contributed by atoms with van der Waals surface area (Å²) in [7, 11) is 0. The van der Waals surface area contributed by atoms with Crippen LogP contribution < -0.4 is 10.9 Å². The van der Waals surface area contributed by atoms with E-state index in [1.54, 1.807) is 59.8 Å². The summed E-state index contributed by atoms with van der Waals surface area (Å²) >= 11 is 0. The monoisotopic (exact) mass is 332 g/mol. The van der Waals surface area contributed by atoms with Gasteiger partial charge in [0.1, 0.15) is 17.5 Å². The highest BCUT2D eigenvalue weighted by Crippen LogP contribution is 2.18. The molecule has 0 spiro atoms. The van der Waals surface area contributed by atoms with Crippen LogP contribution in [0.2, 0.25) is 0 Å². The quantitative estimate of drug-likeness (QED) is 0.583. The zero-order valence-corrected chi connectivity index (χ0v) is 12.9. The molecule has 7 nitrogen and oxygen atoms in total. The van der Waals surface area contributed by atoms with E-state index < -0.39 is 11.5 Å². The summed E-state index contributed by atoms with van der Waals surface area (Å²) in [6, 6.07) is 11.9. The van der Waals surface area contributed by atoms with Crippen molar-refractivity contribution in [3.8, 4) is 5.82 Å². The van der Waals surface area contributed by atoms with Crippen molar-refractivity contribution in [2.75, 3.05) is 5.32 Å². The number of nitrogens with zero attached hydrogens (tertiary/aromatic N) is 3. The number of hydrogen-bond donors (Lipinski definition) is 1. The molecule has 0 saturated heterocycles. The van der Waals surface area contributed by atoms with Gasteiger partial charge in [0.2, 0.25) is 0 Å². The number of nitrogens with one attached hydrogen (secondary N) is 1. The minimum absolute atomic E-state index is 0.0702. The van der Waals surface area contributed by atoms with E-state index in [0.717, 1.165) is 0 Å². The third kappa shape index (κ3) is 2.78. The number of carbonyl (C=O) groups excluding carboxylic acids is 1. The lowest BCUT2D eigenvalue weighted by molar-refractivity contribution is 0.102. The number of para-hydroxylation sites is 1. The van der Waals surface area contributed by atoms with Crippen LogP contribution in [-0.4, -0.2) is 20.4 Å². The summed E-state index contributed by atoms with van der Waals surface area (Å²) in [6.07, 6.45) is 6.50. The molecular weight excluding hydrogens is 320 g/mol. The topological polar surface area (TPSA) is 90.0 Å². The first-order chi connectivity index (χ1) is 12.2. The van der Waals surface area contributed by atoms with E-state index in [1.165, 1.54) is 6.07 Å². The van der Waals surface area contributed by atoms with E-state index in [4.69, 9.17) is 4.42 Å². The maximum Gasteiger partial charge on any atom is 0.349 e. The highest BCUT2D eigenvalue weighted by molar-refractivity contribution is 6.06. The van der Waals surface area contributed by atoms with Crippen LogP contribution >= 0.6 is 0 Å². The number of benzene rings is 1. The molecule has 1 N–H and O–H groups in total. The summed E-state index contributed by atoms with van der Waals surface area (Å²) in [5.74, 6) is -0.0626. The second-order valence-corrected chi connectivity index (χ2v) is 5.28. The van der Waals surface area contributed by atoms with Crippen LogP contribution in [0.1, 0.15) is 10.4 Å². The molecule has 7 heteroatoms. The maximum atomic E-state index is 12.6. The summed E-state index contributed by atoms with van der Waals surface area (Å²) in [6.45, 7) is 0. The van der Waals surface area contributed by atoms with Crippen LogP contribution in [0.3, 0.4) is 0 Å². The highest BCUT2D eigenvalue weighted by Gasteiger charge is 2.16. The number of pyridine rings is 1. The summed E-state index contributed by atoms with van der Waals surface area (Å²) < 4.78 is 6.87. The number of anilines is 1. The zero-order chi connectivity index (χ0) is 17.2. The van der Waals surface area contributed by atoms with Gasteiger partial charge in [0, 0.05) is 24.0 Å². The second-order valence-electron chi connectivity index (χ2n) is 5.28. The molecule has 0 bridgehead atoms. The van der Waals surface area contributed by atoms with Gasteiger partial charge in [-0.05, 0) is 24.3 Å². The third-order valence-electron chi connectivity index (χ3n) is 3.67. The average Bonchev–Trinajstić information content (AvgIpc) is 3.16. The Hall–Kier alpha value is -3.74. The van der Waals surface area contributed by atoms with Gasteiger partial charge in [-0.2, -0.15) is 0 Å². The van der Waals surface area contributed by atoms with Crippen molar-refractivity contribution in [3.63, 3.8) is 0 Å². The minimum atomic E-state index is -0.690. The van der Waals surface area contributed by atoms with Crippen LogP contribution in [-0.2, 0) is 0 Å². The SMILES string of the molecule is O=C(Nc1cccnc1-n1ccnc1)c1cc2ccccc2oc1=O. The van der Waals surface area contributed by atoms with Gasteiger partial charge in [-0.1, -0.05) is 18.2 Å². The standard InChI is InChI=1S/C18H12N4O3/c23-17(13-10-12-4-1-2-6-15(12)25-18(13)24)21-14-5-3-7-20-16(14)22-9-8-19-11-22/h1-11H,(H,21,23). The first-order valence-electron chi connectivity index (χ1n) is 7.50. The van der Waals surface area contributed by atoms with Crippen LogP contribution in [0.15, 0.2) is 76.6 Å². The number of aromatic nitrogens is 3. The van der Waals surface area contributed by atoms with E-state index >= 15 is 0 Å². The van der Waals surface area contributed by atoms with Crippen LogP contribution in [0, 0.1) is 0 Å². The lowest BCUT2D eigenvalue weighted by Crippen LogP contribution is -2.21. The fraction of sp³-hybridized carbons (Fsp3) is 0. The predicted octanol–water partition coefficient (Wildman–Crippen LogP) is 2.63. The number of carbonyl (C=O) groups is 1. The van der Waals surface area contributed by atoms with Crippen molar-refractivity contribution in [1.29, 1.82) is 0 Å². The Balaban J connectivity index is 1.72. The van der Waals surface area contributed by atoms with Gasteiger partial charge in [-0.15, -0.1) is 0 Å². The van der Waals surface area contributed by atoms with Gasteiger partial charge in [-0.25, -0.2) is 14.8 Å². The Bertz CT molecular complexity index is 1120. The van der Waals surface area contributed by atoms with Crippen molar-refractivity contribution in [3.05, 3.63) is 83.4 Å². The molecule has 122 valence electrons. The van der Waals surface area contributed by atoms with Gasteiger partial charge in [0.15, 0.2) is 5.82 Å². The molecular formula is C18H12N4O3. The molecule has 0 radical (unpaired) electrons. The van der Waals surface area contributed by atoms with Crippen molar-refractivity contribution in [1.82, 2.24) is 14.5 Å². The highest BCUT2D eigenvalue weighted by atomic mass is 16.4. The molecule has 4 aromatic rings. The molecule has 0 aliphatic heterocycles. The molecule has 0 aliphatic carbocycles. The lowest BCUT2D eigenvalue weighted by atomic mass is 10.2. The van der Waals surface area contributed by atoms with Crippen molar-refractivity contribution in [2.45, 2.75) is 0 Å². The Labute approximate surface area is 141 Å². The largest absolute Gasteiger partial charge is 0.422 e. The van der Waals surface area contributed by atoms with Gasteiger partial charge in [0.05, 0.1) is 5.69 Å². The molecule has 1 amide bonds. The van der Waals surface area contributed by atoms with E-state index in [0.29, 0.717) is 22.5 Å². The van der Waals surface area contributed by atoms with Crippen molar-refractivity contribution >= 4 is 22.6 Å². The van der Waals surface area contributed by atoms with Crippen LogP contribution in [0.4, 0.5) is 5.69 Å². The molecule has 1 aromatic carbocycles. The summed E-state index contributed by atoms with van der Waals surface area (Å²) in [5, 5.41) is 3.38. The van der Waals surface area contributed by atoms with Gasteiger partial charge in [-0.3, -0.25) is 9.36 Å². The number of rotatable bonds is 3. The fourth-order valence-electron chi connectivity index (χ4n) is 2.49. The van der Waals surface area contributed by atoms with Crippen LogP contribution in [0.5, 0.6) is 0 Å². The summed E-state index contributed by atoms with van der Waals surface area (Å²) in [5.41, 5.74) is 0.131. The fourth-order valence-corrected chi connectivity index (χ4v) is 2.49. The molecule has 0 unspecified atom stereocenters. The number of amides is 1. The Kier molecular flexibility index (Phi) is 3.59. The second kappa shape index (κ2) is 6.04. The van der Waals surface area contributed by atoms with Crippen LogP contribution in [0.25, 0.3) is 16.8 Å². The number of imidazole rings is 1. The van der Waals surface area contributed by atoms with Gasteiger partial charge < -0.3 is 9.73 Å². The predicted molar refractivity (Wildman–Crippen MR) is 91.8 cm³/mol. The molecule has 25 heavy (non-hydrogen) atoms. The Morgan fingerprint density at radius 2 is 2.00 bits per heavy atom. The van der Waals surface area contributed by atoms with E-state index in [9.17, 15) is 9.59 Å². The maximum absolute atomic E-state index is 12.6. The van der Waals surface area contributed by atoms with Gasteiger partial charge in [0.25, 0.3) is 5.91 Å². The first-order valence-corrected chi connectivity index (χ1v) is 7.50. The lowest BCUT2D eigenvalue weighted by Gasteiger charge is -2.10. The zero-order valence-electron chi connectivity index (χ0n) is 12.9. The molecule has 0 fully saturated rings. The van der Waals surface area contributed by atoms with E-state index in [-0.39, 0.29) is 5.56 Å². The van der Waals surface area contributed by atoms with E-state index in [1.807, 2.05) is 6.07 Å². The van der Waals surface area contributed by atoms with Gasteiger partial charge >= 0.3 is 5.63 Å². The average molecular weight is 332 g/mol. The van der Waals surface area contributed by atoms with E-state index in [2.05, 4.69) is 15.3 Å². The molecule has 4 rings (SSSR count). The molecule has 0 saturated carbocycles.